The van der Waals surface area contributed by atoms with Crippen LogP contribution in [0.2, 0.25) is 0 Å². The number of aromatic nitrogens is 1. The molecule has 3 saturated heterocycles. The third-order valence-electron chi connectivity index (χ3n) is 12.1. The van der Waals surface area contributed by atoms with Gasteiger partial charge in [-0.3, -0.25) is 23.7 Å². The number of ether oxygens (including phenoxy) is 4. The molecule has 4 heterocycles. The largest absolute Gasteiger partial charge is 0.494 e. The zero-order valence-electron chi connectivity index (χ0n) is 35.6. The zero-order valence-corrected chi connectivity index (χ0v) is 36.5. The van der Waals surface area contributed by atoms with E-state index >= 15 is 0 Å². The van der Waals surface area contributed by atoms with E-state index < -0.39 is 36.0 Å². The van der Waals surface area contributed by atoms with Crippen LogP contribution in [-0.2, 0) is 44.7 Å². The highest BCUT2D eigenvalue weighted by molar-refractivity contribution is 7.80. The monoisotopic (exact) mass is 858 g/mol. The normalized spacial score (nSPS) is 31.2. The van der Waals surface area contributed by atoms with Crippen LogP contribution in [0.25, 0.3) is 0 Å². The second-order valence-corrected chi connectivity index (χ2v) is 17.7. The van der Waals surface area contributed by atoms with Gasteiger partial charge in [-0.1, -0.05) is 37.1 Å². The molecule has 3 aliphatic heterocycles. The highest BCUT2D eigenvalue weighted by Gasteiger charge is 2.58. The number of hydrogen-bond donors (Lipinski definition) is 7. The smallest absolute Gasteiger partial charge is 0.303 e. The number of aliphatic hydroxyl groups is 1. The second-order valence-electron chi connectivity index (χ2n) is 17.2. The lowest BCUT2D eigenvalue weighted by Gasteiger charge is -2.39. The highest BCUT2D eigenvalue weighted by Crippen LogP contribution is 2.43. The first kappa shape index (κ1) is 47.2. The van der Waals surface area contributed by atoms with Gasteiger partial charge < -0.3 is 50.2 Å². The number of epoxide rings is 1. The molecule has 6 N–H and O–H groups in total. The minimum absolute atomic E-state index is 0.00815. The third-order valence-corrected chi connectivity index (χ3v) is 12.4. The van der Waals surface area contributed by atoms with Gasteiger partial charge in [-0.05, 0) is 84.1 Å². The summed E-state index contributed by atoms with van der Waals surface area (Å²) in [6.07, 6.45) is 13.9. The summed E-state index contributed by atoms with van der Waals surface area (Å²) in [6.45, 7) is 9.93. The Morgan fingerprint density at radius 1 is 1.00 bits per heavy atom. The number of esters is 1. The Balaban J connectivity index is 0.992. The van der Waals surface area contributed by atoms with Crippen LogP contribution in [0.3, 0.4) is 0 Å². The van der Waals surface area contributed by atoms with Crippen LogP contribution >= 0.6 is 12.6 Å². The van der Waals surface area contributed by atoms with Crippen molar-refractivity contribution in [1.29, 1.82) is 0 Å². The van der Waals surface area contributed by atoms with Crippen molar-refractivity contribution in [1.82, 2.24) is 20.5 Å². The van der Waals surface area contributed by atoms with Crippen molar-refractivity contribution in [2.75, 3.05) is 6.61 Å². The lowest BCUT2D eigenvalue weighted by atomic mass is 9.87. The van der Waals surface area contributed by atoms with Crippen molar-refractivity contribution < 1.29 is 53.4 Å². The van der Waals surface area contributed by atoms with Crippen LogP contribution in [0.5, 0.6) is 11.8 Å². The summed E-state index contributed by atoms with van der Waals surface area (Å²) in [5.74, 6) is -0.666. The first-order valence-corrected chi connectivity index (χ1v) is 22.0. The van der Waals surface area contributed by atoms with Crippen molar-refractivity contribution in [3.63, 3.8) is 0 Å². The lowest BCUT2D eigenvalue weighted by Crippen LogP contribution is -2.51. The Morgan fingerprint density at radius 3 is 2.32 bits per heavy atom. The molecule has 4 aliphatic rings. The number of amides is 3. The first-order chi connectivity index (χ1) is 28.5. The maximum Gasteiger partial charge on any atom is 0.303 e. The van der Waals surface area contributed by atoms with Crippen LogP contribution < -0.4 is 16.0 Å². The Labute approximate surface area is 359 Å². The number of aromatic hydroxyl groups is 2. The van der Waals surface area contributed by atoms with E-state index in [0.717, 1.165) is 44.1 Å². The summed E-state index contributed by atoms with van der Waals surface area (Å²) in [6, 6.07) is 1.34. The fraction of sp³-hybridized carbons (Fsp3) is 0.682. The summed E-state index contributed by atoms with van der Waals surface area (Å²) in [5, 5.41) is 40.3. The van der Waals surface area contributed by atoms with Crippen molar-refractivity contribution in [3.05, 3.63) is 42.0 Å². The molecule has 1 saturated carbocycles. The standard InChI is InChI=1S/C44H66N4O11S/c1-26(10-17-35-27(2)21-34(29(4)58-35)47-39(51)19-12-28(3)57-30(5)49)11-18-36-42(54)44(25-56-44)24-33(59-36)22-40(52)46-32-15-13-31(14-16-32)45-38(50)9-7-6-8-20-48-41(53)23-37(60)43(48)55/h10-12,18-19,23,27-29,31-36,42,53-55,60H,6-9,13-17,20-22,24-25H2,1-5H3,(H,45,50)(H,46,52)(H,47,51). The maximum atomic E-state index is 13.2. The van der Waals surface area contributed by atoms with Gasteiger partial charge in [-0.15, -0.1) is 12.6 Å². The van der Waals surface area contributed by atoms with Gasteiger partial charge >= 0.3 is 5.97 Å². The van der Waals surface area contributed by atoms with Crippen LogP contribution in [0.4, 0.5) is 0 Å². The topological polar surface area (TPSA) is 210 Å². The molecule has 0 radical (unpaired) electrons. The van der Waals surface area contributed by atoms with E-state index in [1.807, 2.05) is 26.0 Å². The quantitative estimate of drug-likeness (QED) is 0.0270. The van der Waals surface area contributed by atoms with E-state index in [2.05, 4.69) is 41.6 Å². The fourth-order valence-electron chi connectivity index (χ4n) is 8.53. The van der Waals surface area contributed by atoms with Crippen LogP contribution in [0, 0.1) is 5.92 Å². The third kappa shape index (κ3) is 13.8. The summed E-state index contributed by atoms with van der Waals surface area (Å²) in [7, 11) is 0. The molecule has 9 unspecified atom stereocenters. The van der Waals surface area contributed by atoms with Crippen LogP contribution in [0.1, 0.15) is 112 Å². The number of carbonyl (C=O) groups is 4. The van der Waals surface area contributed by atoms with Crippen molar-refractivity contribution in [2.45, 2.75) is 183 Å². The SMILES string of the molecule is CC(=O)OC(C)C=CC(=O)NC1CC(C)C(CC=C(C)C=CC2OC(CC(=O)NC3CCC(NC(=O)CCCCCn4c(O)cc(S)c4O)CC3)CC3(CO3)C2O)OC1C. The van der Waals surface area contributed by atoms with Crippen LogP contribution in [0.15, 0.2) is 46.9 Å². The highest BCUT2D eigenvalue weighted by atomic mass is 32.1. The summed E-state index contributed by atoms with van der Waals surface area (Å²) in [4.78, 5) is 49.7. The molecule has 5 rings (SSSR count). The Hall–Kier alpha value is -3.83. The molecule has 9 atom stereocenters. The molecular weight excluding hydrogens is 793 g/mol. The summed E-state index contributed by atoms with van der Waals surface area (Å²) < 4.78 is 24.8. The zero-order chi connectivity index (χ0) is 43.6. The Morgan fingerprint density at radius 2 is 1.68 bits per heavy atom. The molecule has 16 heteroatoms. The summed E-state index contributed by atoms with van der Waals surface area (Å²) >= 11 is 4.11. The van der Waals surface area contributed by atoms with E-state index in [0.29, 0.717) is 50.2 Å². The summed E-state index contributed by atoms with van der Waals surface area (Å²) in [5.41, 5.74) is 0.273. The number of nitrogens with zero attached hydrogens (tertiary/aromatic N) is 1. The molecule has 1 aromatic heterocycles. The van der Waals surface area contributed by atoms with Gasteiger partial charge in [-0.2, -0.15) is 0 Å². The average molecular weight is 859 g/mol. The van der Waals surface area contributed by atoms with Crippen molar-refractivity contribution in [3.8, 4) is 11.8 Å². The number of unbranched alkanes of at least 4 members (excludes halogenated alkanes) is 2. The van der Waals surface area contributed by atoms with E-state index in [1.54, 1.807) is 13.0 Å². The lowest BCUT2D eigenvalue weighted by molar-refractivity contribution is -0.146. The van der Waals surface area contributed by atoms with Gasteiger partial charge in [0.25, 0.3) is 0 Å². The molecule has 4 fully saturated rings. The minimum Gasteiger partial charge on any atom is -0.494 e. The van der Waals surface area contributed by atoms with E-state index in [1.165, 1.54) is 23.6 Å². The number of carbonyl (C=O) groups excluding carboxylic acids is 4. The van der Waals surface area contributed by atoms with Crippen LogP contribution in [-0.4, -0.2) is 111 Å². The van der Waals surface area contributed by atoms with Gasteiger partial charge in [0.1, 0.15) is 23.9 Å². The predicted molar refractivity (Wildman–Crippen MR) is 226 cm³/mol. The molecule has 334 valence electrons. The Kier molecular flexibility index (Phi) is 17.2. The predicted octanol–water partition coefficient (Wildman–Crippen LogP) is 4.67. The van der Waals surface area contributed by atoms with Gasteiger partial charge in [-0.25, -0.2) is 0 Å². The Bertz CT molecular complexity index is 1730. The molecule has 3 amide bonds. The first-order valence-electron chi connectivity index (χ1n) is 21.5. The molecule has 1 spiro atoms. The minimum atomic E-state index is -0.851. The molecular formula is C44H66N4O11S. The number of nitrogens with one attached hydrogen (secondary N) is 3. The molecule has 1 aliphatic carbocycles. The van der Waals surface area contributed by atoms with Gasteiger partial charge in [0.2, 0.25) is 23.6 Å². The number of allylic oxidation sites excluding steroid dienone is 2. The number of thiol groups is 1. The fourth-order valence-corrected chi connectivity index (χ4v) is 8.76. The number of hydrogen-bond acceptors (Lipinski definition) is 12. The van der Waals surface area contributed by atoms with E-state index in [9.17, 15) is 34.5 Å². The molecule has 1 aromatic rings. The second kappa shape index (κ2) is 21.8. The maximum absolute atomic E-state index is 13.2. The van der Waals surface area contributed by atoms with Gasteiger partial charge in [0.05, 0.1) is 42.3 Å². The average Bonchev–Trinajstić information content (AvgIpc) is 3.91. The van der Waals surface area contributed by atoms with E-state index in [-0.39, 0.29) is 72.2 Å². The molecule has 15 nitrogen and oxygen atoms in total. The number of rotatable bonds is 18. The van der Waals surface area contributed by atoms with Crippen molar-refractivity contribution >= 4 is 36.3 Å². The molecule has 60 heavy (non-hydrogen) atoms. The molecule has 0 bridgehead atoms. The van der Waals surface area contributed by atoms with Gasteiger partial charge in [0, 0.05) is 50.5 Å². The van der Waals surface area contributed by atoms with Gasteiger partial charge in [0.15, 0.2) is 5.88 Å². The van der Waals surface area contributed by atoms with E-state index in [4.69, 9.17) is 18.9 Å². The number of aliphatic hydroxyl groups excluding tert-OH is 1. The molecule has 0 aromatic carbocycles. The van der Waals surface area contributed by atoms with Crippen molar-refractivity contribution in [2.24, 2.45) is 5.92 Å².